The molecule has 0 aliphatic carbocycles. The highest BCUT2D eigenvalue weighted by Gasteiger charge is 2.46. The van der Waals surface area contributed by atoms with E-state index in [1.54, 1.807) is 18.2 Å². The van der Waals surface area contributed by atoms with Crippen molar-refractivity contribution in [1.29, 1.82) is 0 Å². The van der Waals surface area contributed by atoms with E-state index in [2.05, 4.69) is 0 Å². The average molecular weight is 479 g/mol. The molecule has 1 amide bonds. The number of aliphatic hydroxyl groups is 1. The van der Waals surface area contributed by atoms with Crippen LogP contribution in [0, 0.1) is 0 Å². The van der Waals surface area contributed by atoms with Crippen molar-refractivity contribution in [3.8, 4) is 11.5 Å². The number of hydrogen-bond donors (Lipinski definition) is 2. The molecule has 170 valence electrons. The smallest absolute Gasteiger partial charge is 0.295 e. The molecular formula is C23H24Cl2N2O5. The second kappa shape index (κ2) is 9.81. The van der Waals surface area contributed by atoms with Crippen molar-refractivity contribution in [3.05, 3.63) is 63.1 Å². The molecule has 0 spiro atoms. The van der Waals surface area contributed by atoms with Crippen LogP contribution in [0.1, 0.15) is 23.6 Å². The number of carbonyl (C=O) groups is 2. The van der Waals surface area contributed by atoms with E-state index in [1.807, 2.05) is 19.0 Å². The molecule has 1 heterocycles. The molecule has 0 aromatic heterocycles. The first-order valence-corrected chi connectivity index (χ1v) is 10.7. The van der Waals surface area contributed by atoms with Gasteiger partial charge >= 0.3 is 0 Å². The SMILES string of the molecule is COc1ccc(/C(O)=C2\C(=O)C(=O)N(CCCN(C)C)C2c2ccc(Cl)c(Cl)c2)c(O)c1. The Morgan fingerprint density at radius 3 is 2.44 bits per heavy atom. The summed E-state index contributed by atoms with van der Waals surface area (Å²) in [5, 5.41) is 22.0. The number of aromatic hydroxyl groups is 1. The van der Waals surface area contributed by atoms with Crippen molar-refractivity contribution in [2.24, 2.45) is 0 Å². The van der Waals surface area contributed by atoms with Crippen molar-refractivity contribution >= 4 is 40.7 Å². The number of likely N-dealkylation sites (tertiary alicyclic amines) is 1. The van der Waals surface area contributed by atoms with Crippen LogP contribution in [-0.2, 0) is 9.59 Å². The number of benzene rings is 2. The molecular weight excluding hydrogens is 455 g/mol. The van der Waals surface area contributed by atoms with Crippen molar-refractivity contribution in [3.63, 3.8) is 0 Å². The molecule has 1 aliphatic heterocycles. The van der Waals surface area contributed by atoms with Crippen molar-refractivity contribution in [1.82, 2.24) is 9.80 Å². The monoisotopic (exact) mass is 478 g/mol. The van der Waals surface area contributed by atoms with Gasteiger partial charge in [0.15, 0.2) is 0 Å². The normalized spacial score (nSPS) is 17.9. The number of phenolic OH excluding ortho intramolecular Hbond substituents is 1. The highest BCUT2D eigenvalue weighted by Crippen LogP contribution is 2.42. The number of ether oxygens (including phenoxy) is 1. The lowest BCUT2D eigenvalue weighted by Gasteiger charge is -2.26. The van der Waals surface area contributed by atoms with Crippen LogP contribution in [0.25, 0.3) is 5.76 Å². The molecule has 9 heteroatoms. The van der Waals surface area contributed by atoms with E-state index in [0.717, 1.165) is 0 Å². The van der Waals surface area contributed by atoms with Crippen LogP contribution in [0.15, 0.2) is 42.0 Å². The largest absolute Gasteiger partial charge is 0.507 e. The van der Waals surface area contributed by atoms with E-state index >= 15 is 0 Å². The molecule has 0 radical (unpaired) electrons. The number of Topliss-reactive ketones (excluding diaryl/α,β-unsaturated/α-hetero) is 1. The second-order valence-electron chi connectivity index (χ2n) is 7.71. The number of hydrogen-bond acceptors (Lipinski definition) is 6. The molecule has 2 aromatic rings. The highest BCUT2D eigenvalue weighted by atomic mass is 35.5. The summed E-state index contributed by atoms with van der Waals surface area (Å²) >= 11 is 12.3. The third-order valence-corrected chi connectivity index (χ3v) is 6.00. The molecule has 1 saturated heterocycles. The zero-order chi connectivity index (χ0) is 23.6. The minimum Gasteiger partial charge on any atom is -0.507 e. The molecule has 0 saturated carbocycles. The first kappa shape index (κ1) is 23.9. The van der Waals surface area contributed by atoms with E-state index in [4.69, 9.17) is 27.9 Å². The molecule has 1 unspecified atom stereocenters. The Morgan fingerprint density at radius 1 is 1.12 bits per heavy atom. The number of methoxy groups -OCH3 is 1. The number of phenols is 1. The second-order valence-corrected chi connectivity index (χ2v) is 8.52. The van der Waals surface area contributed by atoms with E-state index in [0.29, 0.717) is 35.8 Å². The van der Waals surface area contributed by atoms with Gasteiger partial charge in [-0.1, -0.05) is 29.3 Å². The third-order valence-electron chi connectivity index (χ3n) is 5.26. The lowest BCUT2D eigenvalue weighted by Crippen LogP contribution is -2.32. The molecule has 32 heavy (non-hydrogen) atoms. The van der Waals surface area contributed by atoms with E-state index in [1.165, 1.54) is 30.2 Å². The summed E-state index contributed by atoms with van der Waals surface area (Å²) in [4.78, 5) is 29.3. The standard InChI is InChI=1S/C23H24Cl2N2O5/c1-26(2)9-4-10-27-20(13-5-8-16(24)17(25)11-13)19(22(30)23(27)31)21(29)15-7-6-14(32-3)12-18(15)28/h5-8,11-12,20,28-29H,4,9-10H2,1-3H3/b21-19+. The lowest BCUT2D eigenvalue weighted by atomic mass is 9.95. The average Bonchev–Trinajstić information content (AvgIpc) is 3.00. The lowest BCUT2D eigenvalue weighted by molar-refractivity contribution is -0.139. The molecule has 2 aromatic carbocycles. The Hall–Kier alpha value is -2.74. The summed E-state index contributed by atoms with van der Waals surface area (Å²) in [5.41, 5.74) is 0.416. The molecule has 2 N–H and O–H groups in total. The number of rotatable bonds is 7. The molecule has 1 atom stereocenters. The predicted octanol–water partition coefficient (Wildman–Crippen LogP) is 4.08. The van der Waals surface area contributed by atoms with Gasteiger partial charge in [-0.25, -0.2) is 0 Å². The van der Waals surface area contributed by atoms with Gasteiger partial charge in [-0.3, -0.25) is 9.59 Å². The number of aliphatic hydroxyl groups excluding tert-OH is 1. The van der Waals surface area contributed by atoms with Gasteiger partial charge in [0.05, 0.1) is 34.3 Å². The fraction of sp³-hybridized carbons (Fsp3) is 0.304. The fourth-order valence-electron chi connectivity index (χ4n) is 3.68. The van der Waals surface area contributed by atoms with E-state index in [9.17, 15) is 19.8 Å². The van der Waals surface area contributed by atoms with Crippen LogP contribution in [0.2, 0.25) is 10.0 Å². The Bertz CT molecular complexity index is 1080. The summed E-state index contributed by atoms with van der Waals surface area (Å²) in [7, 11) is 5.27. The Kier molecular flexibility index (Phi) is 7.33. The molecule has 3 rings (SSSR count). The molecule has 1 fully saturated rings. The minimum atomic E-state index is -0.881. The Morgan fingerprint density at radius 2 is 1.84 bits per heavy atom. The van der Waals surface area contributed by atoms with E-state index in [-0.39, 0.29) is 21.9 Å². The summed E-state index contributed by atoms with van der Waals surface area (Å²) in [6.45, 7) is 0.995. The van der Waals surface area contributed by atoms with Gasteiger partial charge in [0.1, 0.15) is 17.3 Å². The molecule has 0 bridgehead atoms. The summed E-state index contributed by atoms with van der Waals surface area (Å²) < 4.78 is 5.07. The maximum Gasteiger partial charge on any atom is 0.295 e. The van der Waals surface area contributed by atoms with Crippen LogP contribution in [0.5, 0.6) is 11.5 Å². The first-order valence-electron chi connectivity index (χ1n) is 9.91. The molecule has 1 aliphatic rings. The zero-order valence-corrected chi connectivity index (χ0v) is 19.4. The Balaban J connectivity index is 2.15. The highest BCUT2D eigenvalue weighted by molar-refractivity contribution is 6.47. The van der Waals surface area contributed by atoms with Crippen molar-refractivity contribution in [2.75, 3.05) is 34.3 Å². The maximum atomic E-state index is 13.0. The number of ketones is 1. The maximum absolute atomic E-state index is 13.0. The first-order chi connectivity index (χ1) is 15.1. The molecule has 7 nitrogen and oxygen atoms in total. The van der Waals surface area contributed by atoms with Crippen molar-refractivity contribution < 1.29 is 24.5 Å². The van der Waals surface area contributed by atoms with Crippen LogP contribution < -0.4 is 4.74 Å². The summed E-state index contributed by atoms with van der Waals surface area (Å²) in [6, 6.07) is 8.20. The predicted molar refractivity (Wildman–Crippen MR) is 123 cm³/mol. The number of nitrogens with zero attached hydrogens (tertiary/aromatic N) is 2. The van der Waals surface area contributed by atoms with Crippen LogP contribution in [-0.4, -0.2) is 66.0 Å². The van der Waals surface area contributed by atoms with Gasteiger partial charge in [0.25, 0.3) is 11.7 Å². The van der Waals surface area contributed by atoms with Crippen LogP contribution >= 0.6 is 23.2 Å². The minimum absolute atomic E-state index is 0.0159. The van der Waals surface area contributed by atoms with Gasteiger partial charge in [-0.15, -0.1) is 0 Å². The Labute approximate surface area is 196 Å². The third kappa shape index (κ3) is 4.70. The summed E-state index contributed by atoms with van der Waals surface area (Å²) in [6.07, 6.45) is 0.617. The van der Waals surface area contributed by atoms with Crippen LogP contribution in [0.4, 0.5) is 0 Å². The quantitative estimate of drug-likeness (QED) is 0.354. The fourth-order valence-corrected chi connectivity index (χ4v) is 3.99. The number of amides is 1. The van der Waals surface area contributed by atoms with Gasteiger partial charge in [0.2, 0.25) is 0 Å². The van der Waals surface area contributed by atoms with Crippen molar-refractivity contribution in [2.45, 2.75) is 12.5 Å². The van der Waals surface area contributed by atoms with Gasteiger partial charge in [0, 0.05) is 12.6 Å². The zero-order valence-electron chi connectivity index (χ0n) is 17.9. The van der Waals surface area contributed by atoms with Gasteiger partial charge in [-0.05, 0) is 56.9 Å². The number of carbonyl (C=O) groups excluding carboxylic acids is 2. The summed E-state index contributed by atoms with van der Waals surface area (Å²) in [5.74, 6) is -1.94. The van der Waals surface area contributed by atoms with Gasteiger partial charge in [-0.2, -0.15) is 0 Å². The van der Waals surface area contributed by atoms with E-state index < -0.39 is 23.5 Å². The van der Waals surface area contributed by atoms with Gasteiger partial charge < -0.3 is 24.7 Å². The topological polar surface area (TPSA) is 90.3 Å². The number of halogens is 2. The van der Waals surface area contributed by atoms with Crippen LogP contribution in [0.3, 0.4) is 0 Å².